The molecular weight excluding hydrogens is 272 g/mol. The molecule has 19 heavy (non-hydrogen) atoms. The van der Waals surface area contributed by atoms with Crippen molar-refractivity contribution in [3.8, 4) is 0 Å². The molecule has 0 bridgehead atoms. The lowest BCUT2D eigenvalue weighted by Crippen LogP contribution is -2.41. The third-order valence-corrected chi connectivity index (χ3v) is 7.15. The van der Waals surface area contributed by atoms with Gasteiger partial charge in [-0.05, 0) is 37.4 Å². The molecule has 0 radical (unpaired) electrons. The Bertz CT molecular complexity index is 332. The van der Waals surface area contributed by atoms with Crippen LogP contribution in [0.2, 0.25) is 0 Å². The largest absolute Gasteiger partial charge is 0.361 e. The number of aliphatic imine (C=N–C) groups is 1. The highest BCUT2D eigenvalue weighted by molar-refractivity contribution is 8.13. The van der Waals surface area contributed by atoms with Gasteiger partial charge in [-0.3, -0.25) is 4.99 Å². The maximum absolute atomic E-state index is 5.02. The van der Waals surface area contributed by atoms with Crippen molar-refractivity contribution in [3.05, 3.63) is 0 Å². The van der Waals surface area contributed by atoms with Gasteiger partial charge in [0.1, 0.15) is 0 Å². The molecule has 0 saturated heterocycles. The topological polar surface area (TPSA) is 24.4 Å². The fraction of sp³-hybridized carbons (Fsp3) is 0.933. The molecule has 4 unspecified atom stereocenters. The van der Waals surface area contributed by atoms with Crippen molar-refractivity contribution in [1.82, 2.24) is 5.32 Å². The summed E-state index contributed by atoms with van der Waals surface area (Å²) in [5, 5.41) is 5.86. The molecule has 0 aromatic carbocycles. The number of hydrogen-bond acceptors (Lipinski definition) is 4. The Labute approximate surface area is 126 Å². The van der Waals surface area contributed by atoms with Crippen LogP contribution in [0.1, 0.15) is 51.9 Å². The molecule has 3 rings (SSSR count). The van der Waals surface area contributed by atoms with Crippen LogP contribution in [0.5, 0.6) is 0 Å². The maximum atomic E-state index is 5.02. The van der Waals surface area contributed by atoms with Gasteiger partial charge in [0.05, 0.1) is 6.04 Å². The van der Waals surface area contributed by atoms with Crippen LogP contribution in [0.15, 0.2) is 4.99 Å². The van der Waals surface area contributed by atoms with Crippen LogP contribution in [-0.2, 0) is 0 Å². The van der Waals surface area contributed by atoms with Gasteiger partial charge in [-0.25, -0.2) is 0 Å². The Morgan fingerprint density at radius 3 is 3.00 bits per heavy atom. The Kier molecular flexibility index (Phi) is 5.02. The van der Waals surface area contributed by atoms with Crippen molar-refractivity contribution in [1.29, 1.82) is 0 Å². The molecule has 0 aromatic heterocycles. The van der Waals surface area contributed by atoms with E-state index in [-0.39, 0.29) is 0 Å². The molecule has 1 aliphatic heterocycles. The minimum absolute atomic E-state index is 0.635. The fourth-order valence-electron chi connectivity index (χ4n) is 3.67. The van der Waals surface area contributed by atoms with E-state index in [1.165, 1.54) is 61.6 Å². The standard InChI is InChI=1S/C15H26N2S2/c1-2-18-14-9-5-8-13(14)17-15-16-12-7-4-3-6-11(12)10-19-15/h11-14H,2-10H2,1H3,(H,16,17). The summed E-state index contributed by atoms with van der Waals surface area (Å²) >= 11 is 4.12. The lowest BCUT2D eigenvalue weighted by Gasteiger charge is -2.34. The lowest BCUT2D eigenvalue weighted by molar-refractivity contribution is 0.335. The van der Waals surface area contributed by atoms with Gasteiger partial charge in [0.25, 0.3) is 0 Å². The van der Waals surface area contributed by atoms with Crippen molar-refractivity contribution >= 4 is 28.7 Å². The summed E-state index contributed by atoms with van der Waals surface area (Å²) in [6.45, 7) is 2.28. The van der Waals surface area contributed by atoms with Crippen molar-refractivity contribution in [2.75, 3.05) is 11.5 Å². The third kappa shape index (κ3) is 3.44. The second-order valence-corrected chi connectivity index (χ2v) is 8.56. The molecule has 1 N–H and O–H groups in total. The number of nitrogens with zero attached hydrogens (tertiary/aromatic N) is 1. The van der Waals surface area contributed by atoms with E-state index >= 15 is 0 Å². The zero-order chi connectivity index (χ0) is 13.1. The fourth-order valence-corrected chi connectivity index (χ4v) is 6.07. The zero-order valence-corrected chi connectivity index (χ0v) is 13.6. The molecule has 2 fully saturated rings. The van der Waals surface area contributed by atoms with Gasteiger partial charge in [-0.1, -0.05) is 37.9 Å². The molecule has 1 heterocycles. The molecule has 4 heteroatoms. The molecule has 4 atom stereocenters. The van der Waals surface area contributed by atoms with Gasteiger partial charge in [0, 0.05) is 17.0 Å². The van der Waals surface area contributed by atoms with Gasteiger partial charge in [0.15, 0.2) is 5.17 Å². The third-order valence-electron chi connectivity index (χ3n) is 4.73. The van der Waals surface area contributed by atoms with E-state index in [1.807, 2.05) is 11.8 Å². The predicted octanol–water partition coefficient (Wildman–Crippen LogP) is 3.91. The summed E-state index contributed by atoms with van der Waals surface area (Å²) in [5.41, 5.74) is 0. The van der Waals surface area contributed by atoms with Crippen LogP contribution in [0.25, 0.3) is 0 Å². The average Bonchev–Trinajstić information content (AvgIpc) is 2.86. The second-order valence-electron chi connectivity index (χ2n) is 6.03. The summed E-state index contributed by atoms with van der Waals surface area (Å²) in [5.74, 6) is 3.41. The van der Waals surface area contributed by atoms with E-state index < -0.39 is 0 Å². The van der Waals surface area contributed by atoms with Crippen LogP contribution in [-0.4, -0.2) is 34.0 Å². The SMILES string of the molecule is CCSC1CCCC1NC1=NC2CCCCC2CS1. The minimum atomic E-state index is 0.635. The van der Waals surface area contributed by atoms with Crippen molar-refractivity contribution in [2.45, 2.75) is 69.2 Å². The summed E-state index contributed by atoms with van der Waals surface area (Å²) in [4.78, 5) is 5.02. The van der Waals surface area contributed by atoms with Gasteiger partial charge in [-0.15, -0.1) is 0 Å². The van der Waals surface area contributed by atoms with Gasteiger partial charge < -0.3 is 5.32 Å². The zero-order valence-electron chi connectivity index (χ0n) is 11.9. The van der Waals surface area contributed by atoms with E-state index in [2.05, 4.69) is 24.0 Å². The predicted molar refractivity (Wildman–Crippen MR) is 88.3 cm³/mol. The first-order chi connectivity index (χ1) is 9.36. The molecule has 2 saturated carbocycles. The van der Waals surface area contributed by atoms with Gasteiger partial charge in [-0.2, -0.15) is 11.8 Å². The monoisotopic (exact) mass is 298 g/mol. The number of nitrogens with one attached hydrogen (secondary N) is 1. The average molecular weight is 299 g/mol. The Morgan fingerprint density at radius 2 is 2.11 bits per heavy atom. The highest BCUT2D eigenvalue weighted by Gasteiger charge is 2.32. The van der Waals surface area contributed by atoms with Crippen molar-refractivity contribution in [3.63, 3.8) is 0 Å². The number of hydrogen-bond donors (Lipinski definition) is 1. The molecule has 0 amide bonds. The number of rotatable bonds is 3. The molecular formula is C15H26N2S2. The molecule has 0 aromatic rings. The van der Waals surface area contributed by atoms with Crippen molar-refractivity contribution in [2.24, 2.45) is 10.9 Å². The van der Waals surface area contributed by atoms with Crippen LogP contribution < -0.4 is 5.32 Å². The summed E-state index contributed by atoms with van der Waals surface area (Å²) in [6.07, 6.45) is 9.67. The lowest BCUT2D eigenvalue weighted by atomic mass is 9.86. The molecule has 108 valence electrons. The summed E-state index contributed by atoms with van der Waals surface area (Å²) in [7, 11) is 0. The van der Waals surface area contributed by atoms with E-state index in [4.69, 9.17) is 4.99 Å². The highest BCUT2D eigenvalue weighted by atomic mass is 32.2. The number of thioether (sulfide) groups is 2. The second kappa shape index (κ2) is 6.75. The van der Waals surface area contributed by atoms with Crippen LogP contribution >= 0.6 is 23.5 Å². The van der Waals surface area contributed by atoms with E-state index in [1.54, 1.807) is 0 Å². The Hall–Kier alpha value is 0.170. The number of fused-ring (bicyclic) bond motifs is 1. The van der Waals surface area contributed by atoms with Crippen LogP contribution in [0.4, 0.5) is 0 Å². The first kappa shape index (κ1) is 14.1. The van der Waals surface area contributed by atoms with Crippen LogP contribution in [0.3, 0.4) is 0 Å². The quantitative estimate of drug-likeness (QED) is 0.855. The first-order valence-corrected chi connectivity index (χ1v) is 9.99. The van der Waals surface area contributed by atoms with Crippen LogP contribution in [0, 0.1) is 5.92 Å². The van der Waals surface area contributed by atoms with E-state index in [9.17, 15) is 0 Å². The minimum Gasteiger partial charge on any atom is -0.361 e. The molecule has 0 spiro atoms. The molecule has 2 aliphatic carbocycles. The molecule has 3 aliphatic rings. The molecule has 2 nitrogen and oxygen atoms in total. The first-order valence-electron chi connectivity index (χ1n) is 7.95. The highest BCUT2D eigenvalue weighted by Crippen LogP contribution is 2.35. The normalized spacial score (nSPS) is 38.7. The summed E-state index contributed by atoms with van der Waals surface area (Å²) < 4.78 is 0. The Morgan fingerprint density at radius 1 is 1.21 bits per heavy atom. The number of amidine groups is 1. The summed E-state index contributed by atoms with van der Waals surface area (Å²) in [6, 6.07) is 1.31. The Balaban J connectivity index is 1.58. The van der Waals surface area contributed by atoms with E-state index in [0.29, 0.717) is 12.1 Å². The van der Waals surface area contributed by atoms with Gasteiger partial charge in [0.2, 0.25) is 0 Å². The maximum Gasteiger partial charge on any atom is 0.157 e. The smallest absolute Gasteiger partial charge is 0.157 e. The van der Waals surface area contributed by atoms with Crippen molar-refractivity contribution < 1.29 is 0 Å². The van der Waals surface area contributed by atoms with Gasteiger partial charge >= 0.3 is 0 Å². The van der Waals surface area contributed by atoms with E-state index in [0.717, 1.165) is 11.2 Å².